The van der Waals surface area contributed by atoms with Gasteiger partial charge < -0.3 is 4.57 Å². The minimum Gasteiger partial charge on any atom is -0.351 e. The molecule has 0 bridgehead atoms. The molecule has 1 aromatic heterocycles. The maximum absolute atomic E-state index is 4.60. The van der Waals surface area contributed by atoms with Crippen molar-refractivity contribution >= 4 is 11.9 Å². The predicted octanol–water partition coefficient (Wildman–Crippen LogP) is 5.87. The largest absolute Gasteiger partial charge is 0.351 e. The summed E-state index contributed by atoms with van der Waals surface area (Å²) < 4.78 is 2.36. The first kappa shape index (κ1) is 15.1. The first-order valence-electron chi connectivity index (χ1n) is 8.58. The average molecular weight is 294 g/mol. The van der Waals surface area contributed by atoms with Gasteiger partial charge in [-0.3, -0.25) is 4.99 Å². The molecule has 116 valence electrons. The molecule has 1 heterocycles. The van der Waals surface area contributed by atoms with Crippen LogP contribution < -0.4 is 0 Å². The van der Waals surface area contributed by atoms with Crippen LogP contribution in [0.15, 0.2) is 47.7 Å². The van der Waals surface area contributed by atoms with E-state index in [1.807, 2.05) is 6.21 Å². The van der Waals surface area contributed by atoms with Gasteiger partial charge in [0.2, 0.25) is 0 Å². The molecule has 1 unspecified atom stereocenters. The van der Waals surface area contributed by atoms with Crippen LogP contribution in [0.25, 0.3) is 0 Å². The Hall–Kier alpha value is -1.83. The minimum atomic E-state index is 0.624. The van der Waals surface area contributed by atoms with Crippen molar-refractivity contribution in [1.82, 2.24) is 4.57 Å². The van der Waals surface area contributed by atoms with Gasteiger partial charge in [-0.25, -0.2) is 0 Å². The van der Waals surface area contributed by atoms with E-state index in [0.717, 1.165) is 5.69 Å². The summed E-state index contributed by atoms with van der Waals surface area (Å²) in [4.78, 5) is 4.60. The normalized spacial score (nSPS) is 17.4. The van der Waals surface area contributed by atoms with Crippen LogP contribution in [0.2, 0.25) is 0 Å². The van der Waals surface area contributed by atoms with Crippen molar-refractivity contribution in [3.05, 3.63) is 53.9 Å². The Bertz CT molecular complexity index is 615. The van der Waals surface area contributed by atoms with E-state index in [2.05, 4.69) is 66.1 Å². The summed E-state index contributed by atoms with van der Waals surface area (Å²) in [6.07, 6.45) is 13.0. The lowest BCUT2D eigenvalue weighted by Crippen LogP contribution is -2.00. The Morgan fingerprint density at radius 2 is 1.91 bits per heavy atom. The van der Waals surface area contributed by atoms with E-state index in [1.54, 1.807) is 0 Å². The standard InChI is InChI=1S/C20H26N2/c1-3-16(2)18-8-10-19(11-9-18)21-14-17-12-13-22(15-17)20-6-4-5-7-20/h8-16,20H,3-7H2,1-2H3. The van der Waals surface area contributed by atoms with Gasteiger partial charge in [0.1, 0.15) is 0 Å². The van der Waals surface area contributed by atoms with Crippen LogP contribution in [0.4, 0.5) is 5.69 Å². The SMILES string of the molecule is CCC(C)c1ccc(N=Cc2ccn(C3CCCC3)c2)cc1. The van der Waals surface area contributed by atoms with Crippen LogP contribution in [-0.4, -0.2) is 10.8 Å². The molecule has 0 N–H and O–H groups in total. The lowest BCUT2D eigenvalue weighted by Gasteiger charge is -2.10. The Kier molecular flexibility index (Phi) is 4.77. The quantitative estimate of drug-likeness (QED) is 0.614. The second-order valence-corrected chi connectivity index (χ2v) is 6.49. The molecule has 1 atom stereocenters. The molecule has 0 radical (unpaired) electrons. The maximum Gasteiger partial charge on any atom is 0.0630 e. The van der Waals surface area contributed by atoms with Crippen LogP contribution in [0.3, 0.4) is 0 Å². The zero-order valence-corrected chi connectivity index (χ0v) is 13.7. The van der Waals surface area contributed by atoms with Crippen LogP contribution >= 0.6 is 0 Å². The molecular formula is C20H26N2. The summed E-state index contributed by atoms with van der Waals surface area (Å²) >= 11 is 0. The molecule has 1 aliphatic rings. The van der Waals surface area contributed by atoms with Gasteiger partial charge in [-0.2, -0.15) is 0 Å². The highest BCUT2D eigenvalue weighted by molar-refractivity contribution is 5.81. The van der Waals surface area contributed by atoms with Crippen LogP contribution in [-0.2, 0) is 0 Å². The third-order valence-electron chi connectivity index (χ3n) is 4.92. The topological polar surface area (TPSA) is 17.3 Å². The van der Waals surface area contributed by atoms with Gasteiger partial charge in [0.15, 0.2) is 0 Å². The number of nitrogens with zero attached hydrogens (tertiary/aromatic N) is 2. The number of benzene rings is 1. The molecule has 0 amide bonds. The molecule has 0 aliphatic heterocycles. The van der Waals surface area contributed by atoms with Crippen molar-refractivity contribution in [2.45, 2.75) is 57.9 Å². The molecule has 3 rings (SSSR count). The van der Waals surface area contributed by atoms with Crippen molar-refractivity contribution in [3.63, 3.8) is 0 Å². The molecule has 2 aromatic rings. The molecule has 1 aliphatic carbocycles. The van der Waals surface area contributed by atoms with E-state index in [1.165, 1.54) is 43.2 Å². The third kappa shape index (κ3) is 3.49. The molecule has 2 nitrogen and oxygen atoms in total. The van der Waals surface area contributed by atoms with E-state index in [9.17, 15) is 0 Å². The fourth-order valence-corrected chi connectivity index (χ4v) is 3.21. The lowest BCUT2D eigenvalue weighted by molar-refractivity contribution is 0.521. The Morgan fingerprint density at radius 1 is 1.18 bits per heavy atom. The van der Waals surface area contributed by atoms with Gasteiger partial charge >= 0.3 is 0 Å². The fraction of sp³-hybridized carbons (Fsp3) is 0.450. The lowest BCUT2D eigenvalue weighted by atomic mass is 9.99. The molecule has 0 spiro atoms. The van der Waals surface area contributed by atoms with Crippen molar-refractivity contribution in [3.8, 4) is 0 Å². The molecular weight excluding hydrogens is 268 g/mol. The van der Waals surface area contributed by atoms with Crippen molar-refractivity contribution < 1.29 is 0 Å². The smallest absolute Gasteiger partial charge is 0.0630 e. The summed E-state index contributed by atoms with van der Waals surface area (Å²) in [5, 5.41) is 0. The zero-order chi connectivity index (χ0) is 15.4. The van der Waals surface area contributed by atoms with Gasteiger partial charge in [0.25, 0.3) is 0 Å². The molecule has 22 heavy (non-hydrogen) atoms. The van der Waals surface area contributed by atoms with Crippen molar-refractivity contribution in [1.29, 1.82) is 0 Å². The Balaban J connectivity index is 1.66. The molecule has 2 heteroatoms. The summed E-state index contributed by atoms with van der Waals surface area (Å²) in [6.45, 7) is 4.50. The second-order valence-electron chi connectivity index (χ2n) is 6.49. The van der Waals surface area contributed by atoms with E-state index < -0.39 is 0 Å². The number of aromatic nitrogens is 1. The number of hydrogen-bond acceptors (Lipinski definition) is 1. The Labute approximate surface area is 133 Å². The van der Waals surface area contributed by atoms with Crippen molar-refractivity contribution in [2.24, 2.45) is 4.99 Å². The fourth-order valence-electron chi connectivity index (χ4n) is 3.21. The monoisotopic (exact) mass is 294 g/mol. The minimum absolute atomic E-state index is 0.624. The number of rotatable bonds is 5. The molecule has 1 aromatic carbocycles. The highest BCUT2D eigenvalue weighted by atomic mass is 15.0. The van der Waals surface area contributed by atoms with E-state index >= 15 is 0 Å². The van der Waals surface area contributed by atoms with Gasteiger partial charge in [0, 0.05) is 30.2 Å². The first-order chi connectivity index (χ1) is 10.8. The summed E-state index contributed by atoms with van der Waals surface area (Å²) in [7, 11) is 0. The van der Waals surface area contributed by atoms with Gasteiger partial charge in [-0.15, -0.1) is 0 Å². The van der Waals surface area contributed by atoms with Crippen LogP contribution in [0, 0.1) is 0 Å². The predicted molar refractivity (Wildman–Crippen MR) is 94.3 cm³/mol. The summed E-state index contributed by atoms with van der Waals surface area (Å²) in [6, 6.07) is 11.5. The summed E-state index contributed by atoms with van der Waals surface area (Å²) in [5.41, 5.74) is 3.62. The van der Waals surface area contributed by atoms with Gasteiger partial charge in [0.05, 0.1) is 5.69 Å². The van der Waals surface area contributed by atoms with Crippen LogP contribution in [0.1, 0.15) is 69.0 Å². The van der Waals surface area contributed by atoms with Crippen molar-refractivity contribution in [2.75, 3.05) is 0 Å². The molecule has 1 fully saturated rings. The molecule has 1 saturated carbocycles. The first-order valence-corrected chi connectivity index (χ1v) is 8.58. The van der Waals surface area contributed by atoms with E-state index in [0.29, 0.717) is 12.0 Å². The maximum atomic E-state index is 4.60. The van der Waals surface area contributed by atoms with Gasteiger partial charge in [-0.1, -0.05) is 38.8 Å². The van der Waals surface area contributed by atoms with E-state index in [-0.39, 0.29) is 0 Å². The zero-order valence-electron chi connectivity index (χ0n) is 13.7. The average Bonchev–Trinajstić information content (AvgIpc) is 3.23. The van der Waals surface area contributed by atoms with Gasteiger partial charge in [-0.05, 0) is 48.9 Å². The third-order valence-corrected chi connectivity index (χ3v) is 4.92. The number of aliphatic imine (C=N–C) groups is 1. The highest BCUT2D eigenvalue weighted by Crippen LogP contribution is 2.29. The second kappa shape index (κ2) is 6.95. The highest BCUT2D eigenvalue weighted by Gasteiger charge is 2.15. The Morgan fingerprint density at radius 3 is 2.59 bits per heavy atom. The number of hydrogen-bond donors (Lipinski definition) is 0. The van der Waals surface area contributed by atoms with E-state index in [4.69, 9.17) is 0 Å². The van der Waals surface area contributed by atoms with Crippen LogP contribution in [0.5, 0.6) is 0 Å². The molecule has 0 saturated heterocycles. The summed E-state index contributed by atoms with van der Waals surface area (Å²) in [5.74, 6) is 0.624.